The third-order valence-corrected chi connectivity index (χ3v) is 5.17. The summed E-state index contributed by atoms with van der Waals surface area (Å²) < 4.78 is 39.7. The Morgan fingerprint density at radius 2 is 2.00 bits per heavy atom. The molecule has 0 aromatic heterocycles. The molecular weight excluding hydrogens is 293 g/mol. The molecule has 2 aliphatic heterocycles. The zero-order valence-electron chi connectivity index (χ0n) is 12.1. The van der Waals surface area contributed by atoms with Crippen molar-refractivity contribution in [2.24, 2.45) is 5.41 Å². The van der Waals surface area contributed by atoms with Crippen molar-refractivity contribution in [1.82, 2.24) is 10.2 Å². The molecule has 3 nitrogen and oxygen atoms in total. The molecule has 1 spiro atoms. The topological polar surface area (TPSA) is 32.3 Å². The lowest BCUT2D eigenvalue weighted by Crippen LogP contribution is -2.21. The van der Waals surface area contributed by atoms with E-state index in [1.807, 2.05) is 0 Å². The van der Waals surface area contributed by atoms with Crippen LogP contribution in [0.15, 0.2) is 12.1 Å². The number of fused-ring (bicyclic) bond motifs is 1. The smallest absolute Gasteiger partial charge is 0.348 e. The molecule has 1 saturated carbocycles. The molecule has 0 atom stereocenters. The van der Waals surface area contributed by atoms with Crippen molar-refractivity contribution in [2.75, 3.05) is 13.1 Å². The van der Waals surface area contributed by atoms with Gasteiger partial charge in [0.1, 0.15) is 0 Å². The van der Waals surface area contributed by atoms with Crippen LogP contribution in [0.4, 0.5) is 13.2 Å². The summed E-state index contributed by atoms with van der Waals surface area (Å²) in [5.74, 6) is -0.401. The number of rotatable bonds is 2. The van der Waals surface area contributed by atoms with Crippen LogP contribution >= 0.6 is 0 Å². The van der Waals surface area contributed by atoms with Crippen LogP contribution < -0.4 is 5.32 Å². The number of benzene rings is 1. The van der Waals surface area contributed by atoms with Crippen LogP contribution in [0.25, 0.3) is 0 Å². The highest BCUT2D eigenvalue weighted by Crippen LogP contribution is 2.52. The van der Waals surface area contributed by atoms with E-state index in [1.54, 1.807) is 6.07 Å². The first-order valence-corrected chi connectivity index (χ1v) is 7.60. The third-order valence-electron chi connectivity index (χ3n) is 5.17. The van der Waals surface area contributed by atoms with Crippen LogP contribution in [0.1, 0.15) is 46.3 Å². The third kappa shape index (κ3) is 2.29. The van der Waals surface area contributed by atoms with E-state index in [-0.39, 0.29) is 17.7 Å². The minimum atomic E-state index is -4.42. The molecule has 1 aromatic rings. The van der Waals surface area contributed by atoms with Gasteiger partial charge in [-0.05, 0) is 54.5 Å². The van der Waals surface area contributed by atoms with E-state index in [0.29, 0.717) is 17.5 Å². The van der Waals surface area contributed by atoms with E-state index < -0.39 is 17.6 Å². The SMILES string of the molecule is O=C1NCc2c1cc(CN1CCC3(CC3)C1)cc2C(F)(F)F. The Hall–Kier alpha value is -1.56. The highest BCUT2D eigenvalue weighted by atomic mass is 19.4. The molecule has 2 heterocycles. The Morgan fingerprint density at radius 1 is 1.23 bits per heavy atom. The minimum Gasteiger partial charge on any atom is -0.348 e. The lowest BCUT2D eigenvalue weighted by atomic mass is 9.98. The maximum absolute atomic E-state index is 13.2. The van der Waals surface area contributed by atoms with Gasteiger partial charge >= 0.3 is 6.18 Å². The maximum atomic E-state index is 13.2. The second kappa shape index (κ2) is 4.47. The molecule has 4 rings (SSSR count). The summed E-state index contributed by atoms with van der Waals surface area (Å²) >= 11 is 0. The van der Waals surface area contributed by atoms with Gasteiger partial charge in [0, 0.05) is 25.2 Å². The van der Waals surface area contributed by atoms with Crippen LogP contribution in [-0.2, 0) is 19.3 Å². The molecular formula is C16H17F3N2O. The van der Waals surface area contributed by atoms with Gasteiger partial charge in [-0.1, -0.05) is 0 Å². The van der Waals surface area contributed by atoms with Gasteiger partial charge in [0.25, 0.3) is 5.91 Å². The largest absolute Gasteiger partial charge is 0.416 e. The van der Waals surface area contributed by atoms with E-state index in [1.165, 1.54) is 18.9 Å². The first-order chi connectivity index (χ1) is 10.4. The van der Waals surface area contributed by atoms with Crippen LogP contribution in [0, 0.1) is 5.41 Å². The first kappa shape index (κ1) is 14.1. The van der Waals surface area contributed by atoms with Crippen molar-refractivity contribution in [2.45, 2.75) is 38.5 Å². The Morgan fingerprint density at radius 3 is 2.64 bits per heavy atom. The fourth-order valence-corrected chi connectivity index (χ4v) is 3.74. The number of amides is 1. The summed E-state index contributed by atoms with van der Waals surface area (Å²) in [4.78, 5) is 14.0. The van der Waals surface area contributed by atoms with E-state index >= 15 is 0 Å². The standard InChI is InChI=1S/C16H17F3N2O/c17-16(18,19)13-6-10(5-11-12(13)7-20-14(11)22)8-21-4-3-15(9-21)1-2-15/h5-6H,1-4,7-9H2,(H,20,22). The summed E-state index contributed by atoms with van der Waals surface area (Å²) in [5, 5.41) is 2.49. The fourth-order valence-electron chi connectivity index (χ4n) is 3.74. The number of halogens is 3. The van der Waals surface area contributed by atoms with Gasteiger partial charge in [-0.25, -0.2) is 0 Å². The molecule has 1 N–H and O–H groups in total. The number of carbonyl (C=O) groups excluding carboxylic acids is 1. The van der Waals surface area contributed by atoms with E-state index in [0.717, 1.165) is 19.5 Å². The van der Waals surface area contributed by atoms with Gasteiger partial charge in [0.2, 0.25) is 0 Å². The van der Waals surface area contributed by atoms with E-state index in [9.17, 15) is 18.0 Å². The molecule has 0 radical (unpaired) electrons. The Bertz CT molecular complexity index is 650. The van der Waals surface area contributed by atoms with Gasteiger partial charge in [-0.2, -0.15) is 13.2 Å². The number of nitrogens with zero attached hydrogens (tertiary/aromatic N) is 1. The van der Waals surface area contributed by atoms with Crippen LogP contribution in [0.2, 0.25) is 0 Å². The van der Waals surface area contributed by atoms with Crippen molar-refractivity contribution >= 4 is 5.91 Å². The molecule has 1 aliphatic carbocycles. The number of likely N-dealkylation sites (tertiary alicyclic amines) is 1. The van der Waals surface area contributed by atoms with E-state index in [4.69, 9.17) is 0 Å². The number of hydrogen-bond acceptors (Lipinski definition) is 2. The fraction of sp³-hybridized carbons (Fsp3) is 0.562. The maximum Gasteiger partial charge on any atom is 0.416 e. The highest BCUT2D eigenvalue weighted by molar-refractivity contribution is 5.99. The van der Waals surface area contributed by atoms with Crippen molar-refractivity contribution < 1.29 is 18.0 Å². The number of alkyl halides is 3. The second-order valence-electron chi connectivity index (χ2n) is 6.81. The molecule has 6 heteroatoms. The number of hydrogen-bond donors (Lipinski definition) is 1. The van der Waals surface area contributed by atoms with Gasteiger partial charge in [-0.3, -0.25) is 9.69 Å². The second-order valence-corrected chi connectivity index (χ2v) is 6.81. The Balaban J connectivity index is 1.65. The molecule has 3 aliphatic rings. The van der Waals surface area contributed by atoms with Crippen LogP contribution in [-0.4, -0.2) is 23.9 Å². The lowest BCUT2D eigenvalue weighted by molar-refractivity contribution is -0.138. The van der Waals surface area contributed by atoms with Crippen molar-refractivity contribution in [3.8, 4) is 0 Å². The summed E-state index contributed by atoms with van der Waals surface area (Å²) in [7, 11) is 0. The molecule has 22 heavy (non-hydrogen) atoms. The Kier molecular flexibility index (Phi) is 2.86. The van der Waals surface area contributed by atoms with Crippen molar-refractivity contribution in [3.05, 3.63) is 34.4 Å². The average Bonchev–Trinajstić information content (AvgIpc) is 2.93. The molecule has 0 bridgehead atoms. The van der Waals surface area contributed by atoms with Crippen molar-refractivity contribution in [1.29, 1.82) is 0 Å². The lowest BCUT2D eigenvalue weighted by Gasteiger charge is -2.18. The van der Waals surface area contributed by atoms with E-state index in [2.05, 4.69) is 10.2 Å². The molecule has 2 fully saturated rings. The predicted octanol–water partition coefficient (Wildman–Crippen LogP) is 2.93. The Labute approximate surface area is 126 Å². The number of carbonyl (C=O) groups is 1. The summed E-state index contributed by atoms with van der Waals surface area (Å²) in [6.07, 6.45) is -0.798. The zero-order valence-corrected chi connectivity index (χ0v) is 12.1. The zero-order chi connectivity index (χ0) is 15.5. The number of nitrogens with one attached hydrogen (secondary N) is 1. The van der Waals surface area contributed by atoms with Gasteiger partial charge in [0.05, 0.1) is 5.56 Å². The highest BCUT2D eigenvalue weighted by Gasteiger charge is 2.47. The average molecular weight is 310 g/mol. The quantitative estimate of drug-likeness (QED) is 0.911. The van der Waals surface area contributed by atoms with Crippen LogP contribution in [0.3, 0.4) is 0 Å². The molecule has 1 saturated heterocycles. The minimum absolute atomic E-state index is 0.0316. The summed E-state index contributed by atoms with van der Waals surface area (Å²) in [6.45, 7) is 2.36. The first-order valence-electron chi connectivity index (χ1n) is 7.60. The van der Waals surface area contributed by atoms with Crippen molar-refractivity contribution in [3.63, 3.8) is 0 Å². The summed E-state index contributed by atoms with van der Waals surface area (Å²) in [5.41, 5.74) is 0.632. The van der Waals surface area contributed by atoms with Gasteiger partial charge in [-0.15, -0.1) is 0 Å². The van der Waals surface area contributed by atoms with Gasteiger partial charge < -0.3 is 5.32 Å². The predicted molar refractivity (Wildman–Crippen MR) is 74.2 cm³/mol. The normalized spacial score (nSPS) is 23.0. The molecule has 118 valence electrons. The summed E-state index contributed by atoms with van der Waals surface area (Å²) in [6, 6.07) is 2.85. The monoisotopic (exact) mass is 310 g/mol. The molecule has 1 aromatic carbocycles. The molecule has 1 amide bonds. The van der Waals surface area contributed by atoms with Crippen LogP contribution in [0.5, 0.6) is 0 Å². The van der Waals surface area contributed by atoms with Gasteiger partial charge in [0.15, 0.2) is 0 Å². The molecule has 0 unspecified atom stereocenters.